The van der Waals surface area contributed by atoms with Crippen LogP contribution in [0.3, 0.4) is 0 Å². The van der Waals surface area contributed by atoms with Crippen molar-refractivity contribution in [2.75, 3.05) is 6.54 Å². The van der Waals surface area contributed by atoms with E-state index in [1.165, 1.54) is 0 Å². The number of urea groups is 1. The van der Waals surface area contributed by atoms with Crippen LogP contribution in [-0.4, -0.2) is 46.0 Å². The largest absolute Gasteiger partial charge is 0.390 e. The van der Waals surface area contributed by atoms with Gasteiger partial charge < -0.3 is 20.8 Å². The predicted octanol–water partition coefficient (Wildman–Crippen LogP) is -0.0216. The first-order chi connectivity index (χ1) is 9.13. The van der Waals surface area contributed by atoms with Gasteiger partial charge in [-0.2, -0.15) is 0 Å². The number of aromatic nitrogens is 1. The lowest BCUT2D eigenvalue weighted by atomic mass is 9.94. The SMILES string of the molecule is CCNC(=O)NC1C(c2ccncc2)CC(O)C1O. The minimum atomic E-state index is -0.958. The smallest absolute Gasteiger partial charge is 0.315 e. The van der Waals surface area contributed by atoms with Crippen LogP contribution in [0.4, 0.5) is 4.79 Å². The minimum Gasteiger partial charge on any atom is -0.390 e. The van der Waals surface area contributed by atoms with Crippen molar-refractivity contribution >= 4 is 6.03 Å². The Kier molecular flexibility index (Phi) is 4.34. The molecule has 0 bridgehead atoms. The van der Waals surface area contributed by atoms with Gasteiger partial charge in [-0.3, -0.25) is 4.98 Å². The van der Waals surface area contributed by atoms with Crippen molar-refractivity contribution in [1.29, 1.82) is 0 Å². The lowest BCUT2D eigenvalue weighted by Crippen LogP contribution is -2.49. The van der Waals surface area contributed by atoms with Gasteiger partial charge in [-0.15, -0.1) is 0 Å². The number of carbonyl (C=O) groups excluding carboxylic acids is 1. The quantitative estimate of drug-likeness (QED) is 0.617. The Labute approximate surface area is 111 Å². The number of nitrogens with one attached hydrogen (secondary N) is 2. The number of aliphatic hydroxyl groups is 2. The van der Waals surface area contributed by atoms with Crippen molar-refractivity contribution in [1.82, 2.24) is 15.6 Å². The summed E-state index contributed by atoms with van der Waals surface area (Å²) in [5, 5.41) is 25.2. The summed E-state index contributed by atoms with van der Waals surface area (Å²) in [6.45, 7) is 2.33. The molecule has 0 saturated heterocycles. The van der Waals surface area contributed by atoms with E-state index < -0.39 is 18.2 Å². The van der Waals surface area contributed by atoms with Gasteiger partial charge in [0.25, 0.3) is 0 Å². The molecule has 1 heterocycles. The van der Waals surface area contributed by atoms with Crippen LogP contribution in [0.5, 0.6) is 0 Å². The molecule has 104 valence electrons. The Balaban J connectivity index is 2.14. The number of pyridine rings is 1. The van der Waals surface area contributed by atoms with Crippen molar-refractivity contribution in [2.24, 2.45) is 0 Å². The first kappa shape index (κ1) is 13.8. The molecule has 0 spiro atoms. The molecule has 1 saturated carbocycles. The van der Waals surface area contributed by atoms with Gasteiger partial charge >= 0.3 is 6.03 Å². The maximum Gasteiger partial charge on any atom is 0.315 e. The third-order valence-corrected chi connectivity index (χ3v) is 3.46. The van der Waals surface area contributed by atoms with E-state index in [-0.39, 0.29) is 11.9 Å². The number of amides is 2. The van der Waals surface area contributed by atoms with E-state index in [9.17, 15) is 15.0 Å². The van der Waals surface area contributed by atoms with Crippen molar-refractivity contribution in [3.63, 3.8) is 0 Å². The maximum absolute atomic E-state index is 11.6. The van der Waals surface area contributed by atoms with Gasteiger partial charge in [-0.1, -0.05) is 0 Å². The monoisotopic (exact) mass is 265 g/mol. The van der Waals surface area contributed by atoms with Gasteiger partial charge in [0.1, 0.15) is 6.10 Å². The van der Waals surface area contributed by atoms with E-state index in [4.69, 9.17) is 0 Å². The molecule has 2 rings (SSSR count). The standard InChI is InChI=1S/C13H19N3O3/c1-2-15-13(19)16-11-9(7-10(17)12(11)18)8-3-5-14-6-4-8/h3-6,9-12,17-18H,2,7H2,1H3,(H2,15,16,19). The Morgan fingerprint density at radius 1 is 1.42 bits per heavy atom. The van der Waals surface area contributed by atoms with Gasteiger partial charge in [-0.25, -0.2) is 4.79 Å². The third-order valence-electron chi connectivity index (χ3n) is 3.46. The first-order valence-corrected chi connectivity index (χ1v) is 6.44. The average molecular weight is 265 g/mol. The minimum absolute atomic E-state index is 0.115. The van der Waals surface area contributed by atoms with Crippen LogP contribution in [0.1, 0.15) is 24.8 Å². The molecule has 1 aromatic rings. The van der Waals surface area contributed by atoms with E-state index in [2.05, 4.69) is 15.6 Å². The lowest BCUT2D eigenvalue weighted by Gasteiger charge is -2.23. The summed E-state index contributed by atoms with van der Waals surface area (Å²) in [5.41, 5.74) is 0.951. The molecule has 4 N–H and O–H groups in total. The molecule has 6 heteroatoms. The highest BCUT2D eigenvalue weighted by atomic mass is 16.3. The normalized spacial score (nSPS) is 30.1. The van der Waals surface area contributed by atoms with Gasteiger partial charge in [0, 0.05) is 24.9 Å². The van der Waals surface area contributed by atoms with Gasteiger partial charge in [-0.05, 0) is 31.0 Å². The Bertz CT molecular complexity index is 426. The molecular weight excluding hydrogens is 246 g/mol. The Hall–Kier alpha value is -1.66. The number of carbonyl (C=O) groups is 1. The van der Waals surface area contributed by atoms with Crippen LogP contribution in [0.15, 0.2) is 24.5 Å². The van der Waals surface area contributed by atoms with Crippen molar-refractivity contribution in [3.8, 4) is 0 Å². The molecule has 1 aliphatic carbocycles. The molecule has 2 amide bonds. The molecular formula is C13H19N3O3. The molecule has 1 fully saturated rings. The molecule has 4 atom stereocenters. The van der Waals surface area contributed by atoms with Crippen molar-refractivity contribution in [2.45, 2.75) is 37.5 Å². The second kappa shape index (κ2) is 5.99. The van der Waals surface area contributed by atoms with Gasteiger partial charge in [0.15, 0.2) is 0 Å². The summed E-state index contributed by atoms with van der Waals surface area (Å²) in [4.78, 5) is 15.5. The van der Waals surface area contributed by atoms with Crippen molar-refractivity contribution in [3.05, 3.63) is 30.1 Å². The first-order valence-electron chi connectivity index (χ1n) is 6.44. The zero-order chi connectivity index (χ0) is 13.8. The fraction of sp³-hybridized carbons (Fsp3) is 0.538. The molecule has 19 heavy (non-hydrogen) atoms. The second-order valence-corrected chi connectivity index (χ2v) is 4.71. The van der Waals surface area contributed by atoms with Gasteiger partial charge in [0.2, 0.25) is 0 Å². The Morgan fingerprint density at radius 3 is 2.74 bits per heavy atom. The van der Waals surface area contributed by atoms with Crippen LogP contribution in [-0.2, 0) is 0 Å². The lowest BCUT2D eigenvalue weighted by molar-refractivity contribution is 0.0319. The molecule has 1 aromatic heterocycles. The molecule has 4 unspecified atom stereocenters. The average Bonchev–Trinajstić information content (AvgIpc) is 2.68. The molecule has 6 nitrogen and oxygen atoms in total. The maximum atomic E-state index is 11.6. The van der Waals surface area contributed by atoms with Crippen LogP contribution in [0.2, 0.25) is 0 Å². The second-order valence-electron chi connectivity index (χ2n) is 4.71. The number of hydrogen-bond donors (Lipinski definition) is 4. The van der Waals surface area contributed by atoms with Crippen LogP contribution in [0, 0.1) is 0 Å². The highest BCUT2D eigenvalue weighted by Gasteiger charge is 2.43. The molecule has 1 aliphatic rings. The van der Waals surface area contributed by atoms with E-state index in [1.54, 1.807) is 12.4 Å². The zero-order valence-corrected chi connectivity index (χ0v) is 10.8. The summed E-state index contributed by atoms with van der Waals surface area (Å²) in [5.74, 6) is -0.115. The predicted molar refractivity (Wildman–Crippen MR) is 69.6 cm³/mol. The van der Waals surface area contributed by atoms with Crippen LogP contribution < -0.4 is 10.6 Å². The van der Waals surface area contributed by atoms with Crippen LogP contribution >= 0.6 is 0 Å². The highest BCUT2D eigenvalue weighted by molar-refractivity contribution is 5.74. The van der Waals surface area contributed by atoms with Gasteiger partial charge in [0.05, 0.1) is 12.1 Å². The summed E-state index contributed by atoms with van der Waals surface area (Å²) in [7, 11) is 0. The number of aliphatic hydroxyl groups excluding tert-OH is 2. The summed E-state index contributed by atoms with van der Waals surface area (Å²) in [6.07, 6.45) is 1.96. The fourth-order valence-corrected chi connectivity index (χ4v) is 2.53. The number of rotatable bonds is 3. The van der Waals surface area contributed by atoms with E-state index in [0.717, 1.165) is 5.56 Å². The van der Waals surface area contributed by atoms with E-state index >= 15 is 0 Å². The zero-order valence-electron chi connectivity index (χ0n) is 10.8. The number of nitrogens with zero attached hydrogens (tertiary/aromatic N) is 1. The van der Waals surface area contributed by atoms with E-state index in [1.807, 2.05) is 19.1 Å². The molecule has 0 aliphatic heterocycles. The topological polar surface area (TPSA) is 94.5 Å². The third kappa shape index (κ3) is 3.02. The highest BCUT2D eigenvalue weighted by Crippen LogP contribution is 2.34. The Morgan fingerprint density at radius 2 is 2.11 bits per heavy atom. The molecule has 0 radical (unpaired) electrons. The fourth-order valence-electron chi connectivity index (χ4n) is 2.53. The number of hydrogen-bond acceptors (Lipinski definition) is 4. The van der Waals surface area contributed by atoms with E-state index in [0.29, 0.717) is 13.0 Å². The van der Waals surface area contributed by atoms with Crippen LogP contribution in [0.25, 0.3) is 0 Å². The summed E-state index contributed by atoms with van der Waals surface area (Å²) >= 11 is 0. The summed E-state index contributed by atoms with van der Waals surface area (Å²) < 4.78 is 0. The molecule has 0 aromatic carbocycles. The van der Waals surface area contributed by atoms with Crippen molar-refractivity contribution < 1.29 is 15.0 Å². The summed E-state index contributed by atoms with van der Waals surface area (Å²) in [6, 6.07) is 2.84.